The van der Waals surface area contributed by atoms with Gasteiger partial charge >= 0.3 is 0 Å². The van der Waals surface area contributed by atoms with Crippen LogP contribution in [0.4, 0.5) is 5.82 Å². The number of rotatable bonds is 3. The molecule has 1 aromatic heterocycles. The molecule has 0 aliphatic carbocycles. The molecule has 1 aliphatic rings. The standard InChI is InChI=1S/C15H18BrN3/c1-11-5-2-3-6-12(11)7-8-13-18-14(16)15-17-9-4-10-19(13)15/h2-3,5-6,17H,4,7-10H2,1H3. The number of aryl methyl sites for hydroxylation is 3. The molecule has 0 amide bonds. The topological polar surface area (TPSA) is 29.9 Å². The van der Waals surface area contributed by atoms with Gasteiger partial charge < -0.3 is 9.88 Å². The van der Waals surface area contributed by atoms with E-state index in [4.69, 9.17) is 0 Å². The van der Waals surface area contributed by atoms with Gasteiger partial charge in [0.15, 0.2) is 0 Å². The quantitative estimate of drug-likeness (QED) is 0.937. The van der Waals surface area contributed by atoms with Gasteiger partial charge in [-0.25, -0.2) is 4.98 Å². The van der Waals surface area contributed by atoms with Crippen LogP contribution in [0.1, 0.15) is 23.4 Å². The lowest BCUT2D eigenvalue weighted by Gasteiger charge is -2.18. The highest BCUT2D eigenvalue weighted by atomic mass is 79.9. The molecule has 1 aliphatic heterocycles. The molecular formula is C15H18BrN3. The molecule has 3 nitrogen and oxygen atoms in total. The van der Waals surface area contributed by atoms with Crippen molar-refractivity contribution < 1.29 is 0 Å². The van der Waals surface area contributed by atoms with E-state index in [-0.39, 0.29) is 0 Å². The van der Waals surface area contributed by atoms with Gasteiger partial charge in [-0.05, 0) is 46.8 Å². The van der Waals surface area contributed by atoms with E-state index in [1.165, 1.54) is 23.4 Å². The molecule has 2 heterocycles. The van der Waals surface area contributed by atoms with Gasteiger partial charge in [-0.2, -0.15) is 0 Å². The van der Waals surface area contributed by atoms with Gasteiger partial charge in [-0.3, -0.25) is 0 Å². The summed E-state index contributed by atoms with van der Waals surface area (Å²) in [5, 5.41) is 3.41. The van der Waals surface area contributed by atoms with E-state index >= 15 is 0 Å². The molecule has 0 spiro atoms. The third-order valence-electron chi connectivity index (χ3n) is 3.73. The van der Waals surface area contributed by atoms with E-state index in [1.807, 2.05) is 0 Å². The Kier molecular flexibility index (Phi) is 3.60. The van der Waals surface area contributed by atoms with Crippen LogP contribution >= 0.6 is 15.9 Å². The Morgan fingerprint density at radius 2 is 2.16 bits per heavy atom. The lowest BCUT2D eigenvalue weighted by atomic mass is 10.0. The monoisotopic (exact) mass is 319 g/mol. The van der Waals surface area contributed by atoms with E-state index < -0.39 is 0 Å². The lowest BCUT2D eigenvalue weighted by Crippen LogP contribution is -2.18. The van der Waals surface area contributed by atoms with Gasteiger partial charge in [0.25, 0.3) is 0 Å². The number of hydrogen-bond donors (Lipinski definition) is 1. The molecule has 100 valence electrons. The summed E-state index contributed by atoms with van der Waals surface area (Å²) in [6.07, 6.45) is 3.22. The number of aromatic nitrogens is 2. The molecule has 0 saturated heterocycles. The molecular weight excluding hydrogens is 302 g/mol. The van der Waals surface area contributed by atoms with Gasteiger partial charge in [-0.15, -0.1) is 0 Å². The maximum absolute atomic E-state index is 4.65. The number of fused-ring (bicyclic) bond motifs is 1. The second-order valence-electron chi connectivity index (χ2n) is 5.03. The fraction of sp³-hybridized carbons (Fsp3) is 0.400. The Labute approximate surface area is 122 Å². The normalized spacial score (nSPS) is 14.0. The van der Waals surface area contributed by atoms with Crippen molar-refractivity contribution in [2.75, 3.05) is 11.9 Å². The zero-order chi connectivity index (χ0) is 13.2. The van der Waals surface area contributed by atoms with E-state index in [0.717, 1.165) is 36.4 Å². The van der Waals surface area contributed by atoms with Crippen LogP contribution in [0.15, 0.2) is 28.9 Å². The zero-order valence-electron chi connectivity index (χ0n) is 11.1. The summed E-state index contributed by atoms with van der Waals surface area (Å²) < 4.78 is 3.26. The van der Waals surface area contributed by atoms with Crippen molar-refractivity contribution in [3.8, 4) is 0 Å². The van der Waals surface area contributed by atoms with Gasteiger partial charge in [0.1, 0.15) is 16.2 Å². The number of nitrogens with one attached hydrogen (secondary N) is 1. The summed E-state index contributed by atoms with van der Waals surface area (Å²) >= 11 is 3.55. The largest absolute Gasteiger partial charge is 0.369 e. The summed E-state index contributed by atoms with van der Waals surface area (Å²) in [7, 11) is 0. The van der Waals surface area contributed by atoms with Crippen LogP contribution in [-0.4, -0.2) is 16.1 Å². The molecule has 1 N–H and O–H groups in total. The molecule has 4 heteroatoms. The molecule has 3 rings (SSSR count). The highest BCUT2D eigenvalue weighted by Gasteiger charge is 2.17. The average molecular weight is 320 g/mol. The second kappa shape index (κ2) is 5.37. The molecule has 1 aromatic carbocycles. The first-order valence-electron chi connectivity index (χ1n) is 6.79. The van der Waals surface area contributed by atoms with Crippen LogP contribution in [0.2, 0.25) is 0 Å². The Bertz CT molecular complexity index is 589. The highest BCUT2D eigenvalue weighted by molar-refractivity contribution is 9.10. The van der Waals surface area contributed by atoms with Crippen molar-refractivity contribution in [1.29, 1.82) is 0 Å². The Hall–Kier alpha value is -1.29. The summed E-state index contributed by atoms with van der Waals surface area (Å²) in [6, 6.07) is 8.59. The maximum atomic E-state index is 4.65. The number of benzene rings is 1. The van der Waals surface area contributed by atoms with Crippen LogP contribution < -0.4 is 5.32 Å². The molecule has 0 saturated carbocycles. The van der Waals surface area contributed by atoms with Crippen molar-refractivity contribution >= 4 is 21.7 Å². The fourth-order valence-electron chi connectivity index (χ4n) is 2.65. The SMILES string of the molecule is Cc1ccccc1CCc1nc(Br)c2n1CCCN2. The fourth-order valence-corrected chi connectivity index (χ4v) is 3.21. The molecule has 0 fully saturated rings. The van der Waals surface area contributed by atoms with Gasteiger partial charge in [0, 0.05) is 19.5 Å². The summed E-state index contributed by atoms with van der Waals surface area (Å²) in [6.45, 7) is 4.29. The number of halogens is 1. The smallest absolute Gasteiger partial charge is 0.148 e. The minimum absolute atomic E-state index is 0.951. The first kappa shape index (κ1) is 12.7. The van der Waals surface area contributed by atoms with Crippen LogP contribution in [0.25, 0.3) is 0 Å². The first-order valence-corrected chi connectivity index (χ1v) is 7.58. The van der Waals surface area contributed by atoms with E-state index in [0.29, 0.717) is 0 Å². The van der Waals surface area contributed by atoms with Crippen molar-refractivity contribution in [2.24, 2.45) is 0 Å². The minimum atomic E-state index is 0.951. The van der Waals surface area contributed by atoms with Gasteiger partial charge in [-0.1, -0.05) is 24.3 Å². The lowest BCUT2D eigenvalue weighted by molar-refractivity contribution is 0.597. The van der Waals surface area contributed by atoms with Crippen molar-refractivity contribution in [2.45, 2.75) is 32.7 Å². The van der Waals surface area contributed by atoms with E-state index in [2.05, 4.69) is 62.0 Å². The zero-order valence-corrected chi connectivity index (χ0v) is 12.7. The van der Waals surface area contributed by atoms with Gasteiger partial charge in [0.2, 0.25) is 0 Å². The Balaban J connectivity index is 1.79. The number of anilines is 1. The summed E-state index contributed by atoms with van der Waals surface area (Å²) in [5.41, 5.74) is 2.78. The average Bonchev–Trinajstić information content (AvgIpc) is 2.75. The molecule has 0 unspecified atom stereocenters. The van der Waals surface area contributed by atoms with Crippen LogP contribution in [0.3, 0.4) is 0 Å². The number of imidazole rings is 1. The predicted octanol–water partition coefficient (Wildman–Crippen LogP) is 3.55. The third kappa shape index (κ3) is 2.54. The van der Waals surface area contributed by atoms with Crippen molar-refractivity contribution in [1.82, 2.24) is 9.55 Å². The second-order valence-corrected chi connectivity index (χ2v) is 5.78. The van der Waals surface area contributed by atoms with Crippen molar-refractivity contribution in [3.05, 3.63) is 45.8 Å². The molecule has 19 heavy (non-hydrogen) atoms. The van der Waals surface area contributed by atoms with Crippen LogP contribution in [0, 0.1) is 6.92 Å². The van der Waals surface area contributed by atoms with E-state index in [9.17, 15) is 0 Å². The van der Waals surface area contributed by atoms with Gasteiger partial charge in [0.05, 0.1) is 0 Å². The molecule has 2 aromatic rings. The van der Waals surface area contributed by atoms with Crippen molar-refractivity contribution in [3.63, 3.8) is 0 Å². The number of hydrogen-bond acceptors (Lipinski definition) is 2. The van der Waals surface area contributed by atoms with Crippen LogP contribution in [-0.2, 0) is 19.4 Å². The highest BCUT2D eigenvalue weighted by Crippen LogP contribution is 2.27. The molecule has 0 radical (unpaired) electrons. The predicted molar refractivity (Wildman–Crippen MR) is 81.6 cm³/mol. The maximum Gasteiger partial charge on any atom is 0.148 e. The van der Waals surface area contributed by atoms with E-state index in [1.54, 1.807) is 0 Å². The Morgan fingerprint density at radius 1 is 1.32 bits per heavy atom. The van der Waals surface area contributed by atoms with Crippen LogP contribution in [0.5, 0.6) is 0 Å². The third-order valence-corrected chi connectivity index (χ3v) is 4.29. The summed E-state index contributed by atoms with van der Waals surface area (Å²) in [5.74, 6) is 2.32. The Morgan fingerprint density at radius 3 is 3.00 bits per heavy atom. The molecule has 0 bridgehead atoms. The summed E-state index contributed by atoms with van der Waals surface area (Å²) in [4.78, 5) is 4.65. The number of nitrogens with zero attached hydrogens (tertiary/aromatic N) is 2. The minimum Gasteiger partial charge on any atom is -0.369 e. The molecule has 0 atom stereocenters. The first-order chi connectivity index (χ1) is 9.25.